The molecule has 6 heteroatoms. The second kappa shape index (κ2) is 6.92. The molecule has 1 aromatic heterocycles. The lowest BCUT2D eigenvalue weighted by molar-refractivity contribution is -0.137. The third-order valence-corrected chi connectivity index (χ3v) is 5.85. The summed E-state index contributed by atoms with van der Waals surface area (Å²) in [6.07, 6.45) is 6.47. The van der Waals surface area contributed by atoms with Gasteiger partial charge in [0, 0.05) is 57.0 Å². The molecule has 1 amide bonds. The summed E-state index contributed by atoms with van der Waals surface area (Å²) in [5.74, 6) is 1.03. The minimum atomic E-state index is -0.0960. The zero-order chi connectivity index (χ0) is 17.3. The van der Waals surface area contributed by atoms with Crippen molar-refractivity contribution in [2.75, 3.05) is 33.4 Å². The topological polar surface area (TPSA) is 54.9 Å². The smallest absolute Gasteiger partial charge is 0.222 e. The number of methoxy groups -OCH3 is 1. The fourth-order valence-electron chi connectivity index (χ4n) is 4.64. The summed E-state index contributed by atoms with van der Waals surface area (Å²) in [6, 6.07) is 4.39. The largest absolute Gasteiger partial charge is 0.481 e. The number of carbonyl (C=O) groups excluding carboxylic acids is 1. The molecule has 6 nitrogen and oxygen atoms in total. The third kappa shape index (κ3) is 3.37. The molecule has 0 unspecified atom stereocenters. The molecule has 3 aliphatic rings. The highest BCUT2D eigenvalue weighted by Gasteiger charge is 2.45. The Balaban J connectivity index is 1.41. The Morgan fingerprint density at radius 3 is 3.16 bits per heavy atom. The number of aromatic nitrogens is 1. The maximum absolute atomic E-state index is 12.1. The van der Waals surface area contributed by atoms with E-state index in [2.05, 4.69) is 20.9 Å². The van der Waals surface area contributed by atoms with Crippen LogP contribution in [-0.2, 0) is 16.1 Å². The standard InChI is InChI=1S/C19H27N3O3/c1-24-18-15(4-2-8-20-18)13-21-10-7-19(14-21)12-16(6-11-25-19)22-9-3-5-17(22)23/h2,4,8,16H,3,5-7,9-14H2,1H3/t16-,19-/m1/s1. The van der Waals surface area contributed by atoms with Crippen LogP contribution in [0.25, 0.3) is 0 Å². The van der Waals surface area contributed by atoms with Gasteiger partial charge in [0.25, 0.3) is 0 Å². The maximum Gasteiger partial charge on any atom is 0.222 e. The fourth-order valence-corrected chi connectivity index (χ4v) is 4.64. The van der Waals surface area contributed by atoms with Crippen molar-refractivity contribution in [1.29, 1.82) is 0 Å². The van der Waals surface area contributed by atoms with Gasteiger partial charge in [-0.05, 0) is 31.7 Å². The lowest BCUT2D eigenvalue weighted by atomic mass is 9.89. The number of likely N-dealkylation sites (tertiary alicyclic amines) is 2. The molecule has 2 atom stereocenters. The lowest BCUT2D eigenvalue weighted by Crippen LogP contribution is -2.50. The summed E-state index contributed by atoms with van der Waals surface area (Å²) in [7, 11) is 1.67. The molecule has 4 rings (SSSR count). The SMILES string of the molecule is COc1ncccc1CN1CC[C@@]2(C[C@H](N3CCCC3=O)CCO2)C1. The quantitative estimate of drug-likeness (QED) is 0.833. The Kier molecular flexibility index (Phi) is 4.65. The van der Waals surface area contributed by atoms with Crippen molar-refractivity contribution in [2.24, 2.45) is 0 Å². The van der Waals surface area contributed by atoms with Gasteiger partial charge in [-0.25, -0.2) is 4.98 Å². The minimum absolute atomic E-state index is 0.0960. The van der Waals surface area contributed by atoms with Crippen LogP contribution >= 0.6 is 0 Å². The third-order valence-electron chi connectivity index (χ3n) is 5.85. The normalized spacial score (nSPS) is 30.4. The Hall–Kier alpha value is -1.66. The molecule has 1 aromatic rings. The van der Waals surface area contributed by atoms with Gasteiger partial charge in [-0.15, -0.1) is 0 Å². The second-order valence-corrected chi connectivity index (χ2v) is 7.50. The molecule has 0 radical (unpaired) electrons. The summed E-state index contributed by atoms with van der Waals surface area (Å²) in [4.78, 5) is 20.9. The first kappa shape index (κ1) is 16.8. The molecule has 1 spiro atoms. The van der Waals surface area contributed by atoms with Gasteiger partial charge in [0.15, 0.2) is 0 Å². The average molecular weight is 345 g/mol. The Labute approximate surface area is 149 Å². The van der Waals surface area contributed by atoms with Crippen LogP contribution in [0.2, 0.25) is 0 Å². The van der Waals surface area contributed by atoms with Crippen LogP contribution in [0, 0.1) is 0 Å². The number of pyridine rings is 1. The average Bonchev–Trinajstić information content (AvgIpc) is 3.22. The van der Waals surface area contributed by atoms with Gasteiger partial charge in [0.05, 0.1) is 12.7 Å². The Bertz CT molecular complexity index is 638. The molecule has 25 heavy (non-hydrogen) atoms. The van der Waals surface area contributed by atoms with Gasteiger partial charge >= 0.3 is 0 Å². The maximum atomic E-state index is 12.1. The first-order chi connectivity index (χ1) is 12.2. The van der Waals surface area contributed by atoms with Gasteiger partial charge in [-0.3, -0.25) is 9.69 Å². The molecule has 0 saturated carbocycles. The molecule has 136 valence electrons. The van der Waals surface area contributed by atoms with Crippen molar-refractivity contribution in [2.45, 2.75) is 50.3 Å². The molecule has 3 aliphatic heterocycles. The highest BCUT2D eigenvalue weighted by atomic mass is 16.5. The number of hydrogen-bond donors (Lipinski definition) is 0. The molecule has 0 N–H and O–H groups in total. The van der Waals surface area contributed by atoms with Crippen molar-refractivity contribution < 1.29 is 14.3 Å². The summed E-state index contributed by atoms with van der Waals surface area (Å²) in [5.41, 5.74) is 1.02. The molecule has 0 bridgehead atoms. The van der Waals surface area contributed by atoms with Gasteiger partial charge in [-0.2, -0.15) is 0 Å². The van der Waals surface area contributed by atoms with E-state index in [-0.39, 0.29) is 5.60 Å². The van der Waals surface area contributed by atoms with Gasteiger partial charge < -0.3 is 14.4 Å². The molecule has 4 heterocycles. The van der Waals surface area contributed by atoms with E-state index < -0.39 is 0 Å². The monoisotopic (exact) mass is 345 g/mol. The lowest BCUT2D eigenvalue weighted by Gasteiger charge is -2.41. The molecular formula is C19H27N3O3. The van der Waals surface area contributed by atoms with Crippen LogP contribution in [0.3, 0.4) is 0 Å². The number of hydrogen-bond acceptors (Lipinski definition) is 5. The Morgan fingerprint density at radius 2 is 2.36 bits per heavy atom. The second-order valence-electron chi connectivity index (χ2n) is 7.50. The number of amides is 1. The zero-order valence-corrected chi connectivity index (χ0v) is 14.9. The van der Waals surface area contributed by atoms with Crippen molar-refractivity contribution in [3.05, 3.63) is 23.9 Å². The van der Waals surface area contributed by atoms with Gasteiger partial charge in [0.2, 0.25) is 11.8 Å². The fraction of sp³-hybridized carbons (Fsp3) is 0.684. The molecule has 0 aliphatic carbocycles. The van der Waals surface area contributed by atoms with Crippen LogP contribution in [0.1, 0.15) is 37.7 Å². The van der Waals surface area contributed by atoms with E-state index in [0.29, 0.717) is 17.8 Å². The van der Waals surface area contributed by atoms with Crippen molar-refractivity contribution in [3.8, 4) is 5.88 Å². The zero-order valence-electron chi connectivity index (χ0n) is 14.9. The van der Waals surface area contributed by atoms with Crippen LogP contribution in [0.15, 0.2) is 18.3 Å². The summed E-state index contributed by atoms with van der Waals surface area (Å²) >= 11 is 0. The van der Waals surface area contributed by atoms with E-state index in [4.69, 9.17) is 9.47 Å². The van der Waals surface area contributed by atoms with E-state index in [9.17, 15) is 4.79 Å². The highest BCUT2D eigenvalue weighted by molar-refractivity contribution is 5.78. The van der Waals surface area contributed by atoms with Gasteiger partial charge in [0.1, 0.15) is 0 Å². The van der Waals surface area contributed by atoms with Crippen LogP contribution in [-0.4, -0.2) is 65.7 Å². The summed E-state index contributed by atoms with van der Waals surface area (Å²) in [5, 5.41) is 0. The van der Waals surface area contributed by atoms with Crippen LogP contribution in [0.4, 0.5) is 0 Å². The van der Waals surface area contributed by atoms with E-state index in [1.54, 1.807) is 13.3 Å². The minimum Gasteiger partial charge on any atom is -0.481 e. The van der Waals surface area contributed by atoms with E-state index in [1.807, 2.05) is 6.07 Å². The molecule has 3 saturated heterocycles. The Morgan fingerprint density at radius 1 is 1.44 bits per heavy atom. The first-order valence-corrected chi connectivity index (χ1v) is 9.33. The molecule has 0 aromatic carbocycles. The van der Waals surface area contributed by atoms with Crippen molar-refractivity contribution in [3.63, 3.8) is 0 Å². The number of rotatable bonds is 4. The van der Waals surface area contributed by atoms with E-state index in [1.165, 1.54) is 0 Å². The highest BCUT2D eigenvalue weighted by Crippen LogP contribution is 2.37. The summed E-state index contributed by atoms with van der Waals surface area (Å²) in [6.45, 7) is 4.45. The first-order valence-electron chi connectivity index (χ1n) is 9.33. The van der Waals surface area contributed by atoms with Crippen molar-refractivity contribution in [1.82, 2.24) is 14.8 Å². The predicted octanol–water partition coefficient (Wildman–Crippen LogP) is 1.84. The number of carbonyl (C=O) groups is 1. The molecular weight excluding hydrogens is 318 g/mol. The number of nitrogens with zero attached hydrogens (tertiary/aromatic N) is 3. The van der Waals surface area contributed by atoms with Crippen LogP contribution in [0.5, 0.6) is 5.88 Å². The summed E-state index contributed by atoms with van der Waals surface area (Å²) < 4.78 is 11.6. The van der Waals surface area contributed by atoms with E-state index in [0.717, 1.165) is 70.5 Å². The number of ether oxygens (including phenoxy) is 2. The molecule has 3 fully saturated rings. The van der Waals surface area contributed by atoms with Crippen LogP contribution < -0.4 is 4.74 Å². The van der Waals surface area contributed by atoms with E-state index >= 15 is 0 Å². The predicted molar refractivity (Wildman–Crippen MR) is 93.3 cm³/mol. The van der Waals surface area contributed by atoms with Gasteiger partial charge in [-0.1, -0.05) is 6.07 Å². The van der Waals surface area contributed by atoms with Crippen molar-refractivity contribution >= 4 is 5.91 Å².